The van der Waals surface area contributed by atoms with Crippen LogP contribution in [0.4, 0.5) is 0 Å². The zero-order valence-electron chi connectivity index (χ0n) is 31.4. The SMILES string of the molecule is CCCC/C=C\CCCCCCCC(=O)O[C@H](COC(=O)CCCCCCCCC/C=C\CCCCCCCC)COP(=O)(O)OCCN. The van der Waals surface area contributed by atoms with Gasteiger partial charge in [-0.25, -0.2) is 4.57 Å². The van der Waals surface area contributed by atoms with Crippen molar-refractivity contribution in [2.75, 3.05) is 26.4 Å². The Bertz CT molecular complexity index is 866. The average molecular weight is 716 g/mol. The molecule has 0 aliphatic rings. The largest absolute Gasteiger partial charge is 0.472 e. The van der Waals surface area contributed by atoms with Crippen molar-refractivity contribution in [3.8, 4) is 0 Å². The molecule has 49 heavy (non-hydrogen) atoms. The first kappa shape index (κ1) is 47.5. The summed E-state index contributed by atoms with van der Waals surface area (Å²) in [6.07, 6.45) is 36.4. The smallest absolute Gasteiger partial charge is 0.462 e. The van der Waals surface area contributed by atoms with E-state index in [1.165, 1.54) is 77.0 Å². The van der Waals surface area contributed by atoms with Crippen molar-refractivity contribution in [2.45, 2.75) is 187 Å². The lowest BCUT2D eigenvalue weighted by Gasteiger charge is -2.19. The minimum absolute atomic E-state index is 0.0522. The number of nitrogens with two attached hydrogens (primary N) is 1. The molecule has 288 valence electrons. The van der Waals surface area contributed by atoms with E-state index in [2.05, 4.69) is 38.2 Å². The van der Waals surface area contributed by atoms with Crippen LogP contribution in [0.1, 0.15) is 181 Å². The van der Waals surface area contributed by atoms with Crippen LogP contribution in [0, 0.1) is 0 Å². The van der Waals surface area contributed by atoms with Crippen molar-refractivity contribution in [3.63, 3.8) is 0 Å². The molecule has 1 unspecified atom stereocenters. The second-order valence-corrected chi connectivity index (χ2v) is 14.6. The monoisotopic (exact) mass is 716 g/mol. The van der Waals surface area contributed by atoms with Gasteiger partial charge in [-0.1, -0.05) is 134 Å². The summed E-state index contributed by atoms with van der Waals surface area (Å²) in [5.41, 5.74) is 5.33. The summed E-state index contributed by atoms with van der Waals surface area (Å²) in [6.45, 7) is 3.67. The van der Waals surface area contributed by atoms with E-state index in [0.29, 0.717) is 6.42 Å². The molecule has 0 aliphatic carbocycles. The fourth-order valence-electron chi connectivity index (χ4n) is 5.31. The predicted octanol–water partition coefficient (Wildman–Crippen LogP) is 10.8. The van der Waals surface area contributed by atoms with Crippen LogP contribution < -0.4 is 5.73 Å². The molecule has 0 aromatic heterocycles. The standard InChI is InChI=1S/C39H74NO8P/c1-3-5-7-9-11-13-15-16-17-18-19-20-22-23-25-27-29-31-38(41)45-35-37(36-47-49(43,44)46-34-33-40)48-39(42)32-30-28-26-24-21-14-12-10-8-6-4-2/h10,12,16-17,37H,3-9,11,13-15,18-36,40H2,1-2H3,(H,43,44)/b12-10-,17-16-/t37-/m1/s1. The third-order valence-electron chi connectivity index (χ3n) is 8.31. The lowest BCUT2D eigenvalue weighted by Crippen LogP contribution is -2.29. The zero-order chi connectivity index (χ0) is 36.1. The van der Waals surface area contributed by atoms with Gasteiger partial charge in [0, 0.05) is 19.4 Å². The summed E-state index contributed by atoms with van der Waals surface area (Å²) < 4.78 is 32.6. The van der Waals surface area contributed by atoms with Crippen molar-refractivity contribution in [1.82, 2.24) is 0 Å². The van der Waals surface area contributed by atoms with Crippen LogP contribution in [0.3, 0.4) is 0 Å². The molecular formula is C39H74NO8P. The van der Waals surface area contributed by atoms with Crippen LogP contribution in [0.2, 0.25) is 0 Å². The number of phosphoric acid groups is 1. The summed E-state index contributed by atoms with van der Waals surface area (Å²) in [7, 11) is -4.37. The van der Waals surface area contributed by atoms with Gasteiger partial charge in [-0.05, 0) is 57.8 Å². The van der Waals surface area contributed by atoms with Gasteiger partial charge in [0.05, 0.1) is 13.2 Å². The van der Waals surface area contributed by atoms with Crippen molar-refractivity contribution >= 4 is 19.8 Å². The third kappa shape index (κ3) is 36.1. The first-order chi connectivity index (χ1) is 23.8. The highest BCUT2D eigenvalue weighted by Gasteiger charge is 2.25. The number of esters is 2. The van der Waals surface area contributed by atoms with E-state index >= 15 is 0 Å². The topological polar surface area (TPSA) is 134 Å². The van der Waals surface area contributed by atoms with E-state index in [-0.39, 0.29) is 38.6 Å². The Labute approximate surface area is 300 Å². The number of hydrogen-bond donors (Lipinski definition) is 2. The zero-order valence-corrected chi connectivity index (χ0v) is 32.3. The summed E-state index contributed by atoms with van der Waals surface area (Å²) in [4.78, 5) is 34.7. The van der Waals surface area contributed by atoms with Crippen LogP contribution >= 0.6 is 7.82 Å². The van der Waals surface area contributed by atoms with Crippen LogP contribution in [-0.4, -0.2) is 49.3 Å². The molecule has 0 radical (unpaired) electrons. The summed E-state index contributed by atoms with van der Waals surface area (Å²) >= 11 is 0. The predicted molar refractivity (Wildman–Crippen MR) is 201 cm³/mol. The van der Waals surface area contributed by atoms with Crippen LogP contribution in [0.25, 0.3) is 0 Å². The molecule has 3 N–H and O–H groups in total. The maximum atomic E-state index is 12.5. The fourth-order valence-corrected chi connectivity index (χ4v) is 6.08. The average Bonchev–Trinajstić information content (AvgIpc) is 3.08. The van der Waals surface area contributed by atoms with E-state index in [1.54, 1.807) is 0 Å². The molecule has 0 bridgehead atoms. The number of hydrogen-bond acceptors (Lipinski definition) is 8. The van der Waals surface area contributed by atoms with E-state index in [0.717, 1.165) is 70.6 Å². The first-order valence-electron chi connectivity index (χ1n) is 19.8. The Kier molecular flexibility index (Phi) is 35.2. The van der Waals surface area contributed by atoms with E-state index in [4.69, 9.17) is 24.3 Å². The third-order valence-corrected chi connectivity index (χ3v) is 9.29. The minimum atomic E-state index is -4.37. The normalized spacial score (nSPS) is 13.6. The molecule has 0 aromatic carbocycles. The molecule has 0 amide bonds. The van der Waals surface area contributed by atoms with Gasteiger partial charge >= 0.3 is 19.8 Å². The molecule has 0 rings (SSSR count). The van der Waals surface area contributed by atoms with Gasteiger partial charge in [-0.3, -0.25) is 18.6 Å². The molecular weight excluding hydrogens is 641 g/mol. The second kappa shape index (κ2) is 36.3. The summed E-state index contributed by atoms with van der Waals surface area (Å²) in [5.74, 6) is -0.844. The molecule has 0 heterocycles. The van der Waals surface area contributed by atoms with Gasteiger partial charge < -0.3 is 20.1 Å². The Morgan fingerprint density at radius 2 is 1.02 bits per heavy atom. The molecule has 0 aliphatic heterocycles. The van der Waals surface area contributed by atoms with Gasteiger partial charge in [0.25, 0.3) is 0 Å². The van der Waals surface area contributed by atoms with Crippen molar-refractivity contribution in [1.29, 1.82) is 0 Å². The number of rotatable bonds is 37. The van der Waals surface area contributed by atoms with Crippen LogP contribution in [0.15, 0.2) is 24.3 Å². The lowest BCUT2D eigenvalue weighted by atomic mass is 10.1. The van der Waals surface area contributed by atoms with E-state index < -0.39 is 26.5 Å². The Morgan fingerprint density at radius 1 is 0.592 bits per heavy atom. The molecule has 0 saturated carbocycles. The second-order valence-electron chi connectivity index (χ2n) is 13.1. The number of unbranched alkanes of at least 4 members (excludes halogenated alkanes) is 20. The van der Waals surface area contributed by atoms with Crippen LogP contribution in [-0.2, 0) is 32.7 Å². The highest BCUT2D eigenvalue weighted by Crippen LogP contribution is 2.43. The Balaban J connectivity index is 4.17. The summed E-state index contributed by atoms with van der Waals surface area (Å²) in [5, 5.41) is 0. The maximum absolute atomic E-state index is 12.5. The number of carbonyl (C=O) groups is 2. The van der Waals surface area contributed by atoms with E-state index in [9.17, 15) is 19.0 Å². The lowest BCUT2D eigenvalue weighted by molar-refractivity contribution is -0.161. The number of allylic oxidation sites excluding steroid dienone is 4. The molecule has 0 spiro atoms. The summed E-state index contributed by atoms with van der Waals surface area (Å²) in [6, 6.07) is 0. The Morgan fingerprint density at radius 3 is 1.51 bits per heavy atom. The van der Waals surface area contributed by atoms with Crippen molar-refractivity contribution in [2.24, 2.45) is 5.73 Å². The quantitative estimate of drug-likeness (QED) is 0.0279. The molecule has 0 saturated heterocycles. The van der Waals surface area contributed by atoms with Crippen molar-refractivity contribution in [3.05, 3.63) is 24.3 Å². The maximum Gasteiger partial charge on any atom is 0.472 e. The van der Waals surface area contributed by atoms with Crippen LogP contribution in [0.5, 0.6) is 0 Å². The highest BCUT2D eigenvalue weighted by atomic mass is 31.2. The number of carbonyl (C=O) groups excluding carboxylic acids is 2. The molecule has 2 atom stereocenters. The first-order valence-corrected chi connectivity index (χ1v) is 21.3. The van der Waals surface area contributed by atoms with Gasteiger partial charge in [0.15, 0.2) is 6.10 Å². The fraction of sp³-hybridized carbons (Fsp3) is 0.846. The number of ether oxygens (including phenoxy) is 2. The van der Waals surface area contributed by atoms with Gasteiger partial charge in [0.2, 0.25) is 0 Å². The molecule has 10 heteroatoms. The number of phosphoric ester groups is 1. The molecule has 0 aromatic rings. The van der Waals surface area contributed by atoms with Gasteiger partial charge in [-0.2, -0.15) is 0 Å². The van der Waals surface area contributed by atoms with Gasteiger partial charge in [-0.15, -0.1) is 0 Å². The Hall–Kier alpha value is -1.51. The van der Waals surface area contributed by atoms with E-state index in [1.807, 2.05) is 0 Å². The molecule has 0 fully saturated rings. The van der Waals surface area contributed by atoms with Crippen molar-refractivity contribution < 1.29 is 37.6 Å². The minimum Gasteiger partial charge on any atom is -0.462 e. The highest BCUT2D eigenvalue weighted by molar-refractivity contribution is 7.47. The van der Waals surface area contributed by atoms with Gasteiger partial charge in [0.1, 0.15) is 6.61 Å². The molecule has 9 nitrogen and oxygen atoms in total.